The van der Waals surface area contributed by atoms with Gasteiger partial charge in [-0.25, -0.2) is 4.79 Å². The van der Waals surface area contributed by atoms with Crippen LogP contribution in [0.3, 0.4) is 0 Å². The first-order chi connectivity index (χ1) is 10.2. The first kappa shape index (κ1) is 17.1. The molecule has 2 N–H and O–H groups in total. The summed E-state index contributed by atoms with van der Waals surface area (Å²) in [4.78, 5) is 22.9. The number of carbonyl (C=O) groups excluding carboxylic acids is 1. The lowest BCUT2D eigenvalue weighted by molar-refractivity contribution is -0.144. The lowest BCUT2D eigenvalue weighted by Crippen LogP contribution is -2.44. The molecule has 0 aliphatic heterocycles. The van der Waals surface area contributed by atoms with Crippen LogP contribution in [-0.4, -0.2) is 28.8 Å². The average Bonchev–Trinajstić information content (AvgIpc) is 2.40. The third-order valence-electron chi connectivity index (χ3n) is 5.16. The Balaban J connectivity index is 1.76. The number of rotatable bonds is 2. The second kappa shape index (κ2) is 6.47. The molecule has 2 fully saturated rings. The predicted octanol–water partition coefficient (Wildman–Crippen LogP) is 3.71. The predicted molar refractivity (Wildman–Crippen MR) is 83.7 cm³/mol. The summed E-state index contributed by atoms with van der Waals surface area (Å²) in [5, 5.41) is 12.1. The van der Waals surface area contributed by atoms with Gasteiger partial charge < -0.3 is 15.2 Å². The summed E-state index contributed by atoms with van der Waals surface area (Å²) in [7, 11) is 0. The second-order valence-corrected chi connectivity index (χ2v) is 8.03. The first-order valence-electron chi connectivity index (χ1n) is 8.41. The number of amides is 1. The molecule has 22 heavy (non-hydrogen) atoms. The fourth-order valence-electron chi connectivity index (χ4n) is 3.83. The summed E-state index contributed by atoms with van der Waals surface area (Å²) < 4.78 is 5.30. The van der Waals surface area contributed by atoms with Gasteiger partial charge in [-0.1, -0.05) is 0 Å². The molecule has 0 atom stereocenters. The smallest absolute Gasteiger partial charge is 0.407 e. The number of alkyl carbamates (subject to hydrolysis) is 1. The van der Waals surface area contributed by atoms with Gasteiger partial charge in [0.05, 0.1) is 5.92 Å². The van der Waals surface area contributed by atoms with Crippen molar-refractivity contribution in [2.75, 3.05) is 0 Å². The van der Waals surface area contributed by atoms with Crippen molar-refractivity contribution >= 4 is 12.1 Å². The Morgan fingerprint density at radius 1 is 1.05 bits per heavy atom. The summed E-state index contributed by atoms with van der Waals surface area (Å²) in [6.07, 6.45) is 7.42. The first-order valence-corrected chi connectivity index (χ1v) is 8.41. The van der Waals surface area contributed by atoms with Gasteiger partial charge in [-0.2, -0.15) is 0 Å². The van der Waals surface area contributed by atoms with Crippen LogP contribution < -0.4 is 5.32 Å². The van der Waals surface area contributed by atoms with E-state index in [1.807, 2.05) is 20.8 Å². The van der Waals surface area contributed by atoms with Crippen LogP contribution in [-0.2, 0) is 9.53 Å². The van der Waals surface area contributed by atoms with Crippen LogP contribution in [0.25, 0.3) is 0 Å². The zero-order chi connectivity index (χ0) is 16.4. The second-order valence-electron chi connectivity index (χ2n) is 8.03. The fourth-order valence-corrected chi connectivity index (χ4v) is 3.83. The maximum atomic E-state index is 11.8. The summed E-state index contributed by atoms with van der Waals surface area (Å²) in [6.45, 7) is 5.59. The van der Waals surface area contributed by atoms with Gasteiger partial charge in [0.15, 0.2) is 0 Å². The Bertz CT molecular complexity index is 409. The van der Waals surface area contributed by atoms with Crippen molar-refractivity contribution in [1.82, 2.24) is 5.32 Å². The van der Waals surface area contributed by atoms with Crippen molar-refractivity contribution in [3.63, 3.8) is 0 Å². The van der Waals surface area contributed by atoms with Crippen LogP contribution in [0.15, 0.2) is 0 Å². The van der Waals surface area contributed by atoms with E-state index in [2.05, 4.69) is 5.32 Å². The summed E-state index contributed by atoms with van der Waals surface area (Å²) in [6, 6.07) is 0.192. The van der Waals surface area contributed by atoms with E-state index >= 15 is 0 Å². The molecule has 0 heterocycles. The SMILES string of the molecule is CC(C)(C)OC(=O)NC1CCC2(CC1)CCC(C(=O)O)CC2. The third kappa shape index (κ3) is 4.62. The normalized spacial score (nSPS) is 32.5. The van der Waals surface area contributed by atoms with Gasteiger partial charge in [0, 0.05) is 6.04 Å². The number of carboxylic acids is 1. The van der Waals surface area contributed by atoms with Gasteiger partial charge >= 0.3 is 12.1 Å². The molecule has 2 saturated carbocycles. The molecule has 5 nitrogen and oxygen atoms in total. The molecular formula is C17H29NO4. The van der Waals surface area contributed by atoms with Crippen LogP contribution in [0.2, 0.25) is 0 Å². The number of aliphatic carboxylic acids is 1. The highest BCUT2D eigenvalue weighted by Crippen LogP contribution is 2.48. The maximum Gasteiger partial charge on any atom is 0.407 e. The van der Waals surface area contributed by atoms with Crippen LogP contribution in [0.5, 0.6) is 0 Å². The van der Waals surface area contributed by atoms with Gasteiger partial charge in [-0.15, -0.1) is 0 Å². The number of carbonyl (C=O) groups is 2. The molecule has 2 aliphatic carbocycles. The minimum Gasteiger partial charge on any atom is -0.481 e. The van der Waals surface area contributed by atoms with E-state index in [1.54, 1.807) is 0 Å². The molecule has 5 heteroatoms. The number of carboxylic acid groups (broad SMARTS) is 1. The molecule has 1 spiro atoms. The summed E-state index contributed by atoms with van der Waals surface area (Å²) in [5.74, 6) is -0.793. The topological polar surface area (TPSA) is 75.6 Å². The van der Waals surface area contributed by atoms with Crippen molar-refractivity contribution in [2.24, 2.45) is 11.3 Å². The molecule has 0 aromatic carbocycles. The molecule has 126 valence electrons. The van der Waals surface area contributed by atoms with Crippen LogP contribution in [0.4, 0.5) is 4.79 Å². The zero-order valence-electron chi connectivity index (χ0n) is 14.0. The number of ether oxygens (including phenoxy) is 1. The highest BCUT2D eigenvalue weighted by Gasteiger charge is 2.40. The van der Waals surface area contributed by atoms with Crippen molar-refractivity contribution in [1.29, 1.82) is 0 Å². The van der Waals surface area contributed by atoms with Crippen LogP contribution >= 0.6 is 0 Å². The standard InChI is InChI=1S/C17H29NO4/c1-16(2,3)22-15(21)18-13-6-10-17(11-7-13)8-4-12(5-9-17)14(19)20/h12-13H,4-11H2,1-3H3,(H,18,21)(H,19,20). The minimum absolute atomic E-state index is 0.150. The van der Waals surface area contributed by atoms with E-state index in [1.165, 1.54) is 0 Å². The van der Waals surface area contributed by atoms with Crippen molar-refractivity contribution < 1.29 is 19.4 Å². The van der Waals surface area contributed by atoms with Gasteiger partial charge in [-0.3, -0.25) is 4.79 Å². The maximum absolute atomic E-state index is 11.8. The van der Waals surface area contributed by atoms with E-state index in [0.29, 0.717) is 5.41 Å². The van der Waals surface area contributed by atoms with Crippen LogP contribution in [0, 0.1) is 11.3 Å². The largest absolute Gasteiger partial charge is 0.481 e. The highest BCUT2D eigenvalue weighted by molar-refractivity contribution is 5.70. The quantitative estimate of drug-likeness (QED) is 0.815. The van der Waals surface area contributed by atoms with Gasteiger partial charge in [0.25, 0.3) is 0 Å². The van der Waals surface area contributed by atoms with Gasteiger partial charge in [0.2, 0.25) is 0 Å². The van der Waals surface area contributed by atoms with E-state index in [0.717, 1.165) is 51.4 Å². The van der Waals surface area contributed by atoms with E-state index in [-0.39, 0.29) is 18.1 Å². The van der Waals surface area contributed by atoms with Gasteiger partial charge in [0.1, 0.15) is 5.60 Å². The van der Waals surface area contributed by atoms with Crippen molar-refractivity contribution in [3.05, 3.63) is 0 Å². The number of hydrogen-bond acceptors (Lipinski definition) is 3. The molecule has 0 saturated heterocycles. The Labute approximate surface area is 132 Å². The van der Waals surface area contributed by atoms with E-state index in [9.17, 15) is 9.59 Å². The molecule has 0 aromatic rings. The minimum atomic E-state index is -0.643. The molecule has 2 aliphatic rings. The Morgan fingerprint density at radius 2 is 1.55 bits per heavy atom. The van der Waals surface area contributed by atoms with E-state index in [4.69, 9.17) is 9.84 Å². The molecule has 1 amide bonds. The Hall–Kier alpha value is -1.26. The summed E-state index contributed by atoms with van der Waals surface area (Å²) >= 11 is 0. The molecule has 0 aromatic heterocycles. The molecule has 0 bridgehead atoms. The van der Waals surface area contributed by atoms with Gasteiger partial charge in [-0.05, 0) is 77.6 Å². The molecule has 2 rings (SSSR count). The highest BCUT2D eigenvalue weighted by atomic mass is 16.6. The van der Waals surface area contributed by atoms with E-state index < -0.39 is 11.6 Å². The number of hydrogen-bond donors (Lipinski definition) is 2. The number of nitrogens with one attached hydrogen (secondary N) is 1. The molecule has 0 unspecified atom stereocenters. The molecule has 0 radical (unpaired) electrons. The average molecular weight is 311 g/mol. The fraction of sp³-hybridized carbons (Fsp3) is 0.882. The third-order valence-corrected chi connectivity index (χ3v) is 5.16. The van der Waals surface area contributed by atoms with Crippen molar-refractivity contribution in [3.8, 4) is 0 Å². The summed E-state index contributed by atoms with van der Waals surface area (Å²) in [5.41, 5.74) is -0.146. The monoisotopic (exact) mass is 311 g/mol. The van der Waals surface area contributed by atoms with Crippen molar-refractivity contribution in [2.45, 2.75) is 83.8 Å². The van der Waals surface area contributed by atoms with Crippen LogP contribution in [0.1, 0.15) is 72.1 Å². The Kier molecular flexibility index (Phi) is 5.03. The Morgan fingerprint density at radius 3 is 2.00 bits per heavy atom. The lowest BCUT2D eigenvalue weighted by atomic mass is 9.62. The zero-order valence-corrected chi connectivity index (χ0v) is 14.0. The molecular weight excluding hydrogens is 282 g/mol. The lowest BCUT2D eigenvalue weighted by Gasteiger charge is -2.44.